The van der Waals surface area contributed by atoms with Gasteiger partial charge in [-0.1, -0.05) is 18.2 Å². The molecule has 0 aliphatic rings. The number of aryl methyl sites for hydroxylation is 1. The van der Waals surface area contributed by atoms with Crippen molar-refractivity contribution >= 4 is 11.7 Å². The molecule has 0 fully saturated rings. The summed E-state index contributed by atoms with van der Waals surface area (Å²) in [5.41, 5.74) is 1.53. The Hall–Kier alpha value is -2.47. The third kappa shape index (κ3) is 4.25. The number of hydrogen-bond acceptors (Lipinski definition) is 3. The lowest BCUT2D eigenvalue weighted by Crippen LogP contribution is -2.32. The minimum Gasteiger partial charge on any atom is -0.386 e. The fourth-order valence-electron chi connectivity index (χ4n) is 1.84. The molecule has 5 nitrogen and oxygen atoms in total. The molecule has 21 heavy (non-hydrogen) atoms. The third-order valence-corrected chi connectivity index (χ3v) is 2.87. The summed E-state index contributed by atoms with van der Waals surface area (Å²) in [5.74, 6) is -0.503. The summed E-state index contributed by atoms with van der Waals surface area (Å²) in [4.78, 5) is 15.7. The van der Waals surface area contributed by atoms with Crippen molar-refractivity contribution in [2.75, 3.05) is 11.9 Å². The fourth-order valence-corrected chi connectivity index (χ4v) is 1.84. The molecule has 1 aromatic heterocycles. The van der Waals surface area contributed by atoms with Gasteiger partial charge in [-0.25, -0.2) is 9.18 Å². The number of aliphatic hydroxyl groups excluding tert-OH is 1. The fraction of sp³-hybridized carbons (Fsp3) is 0.200. The molecule has 110 valence electrons. The number of pyridine rings is 1. The highest BCUT2D eigenvalue weighted by Crippen LogP contribution is 2.15. The van der Waals surface area contributed by atoms with Crippen LogP contribution in [0.4, 0.5) is 14.9 Å². The molecular weight excluding hydrogens is 273 g/mol. The molecule has 1 unspecified atom stereocenters. The summed E-state index contributed by atoms with van der Waals surface area (Å²) < 4.78 is 13.5. The number of carbonyl (C=O) groups excluding carboxylic acids is 1. The zero-order valence-electron chi connectivity index (χ0n) is 11.5. The number of halogens is 1. The second kappa shape index (κ2) is 6.81. The number of aromatic nitrogens is 1. The van der Waals surface area contributed by atoms with Crippen LogP contribution in [0.2, 0.25) is 0 Å². The zero-order valence-corrected chi connectivity index (χ0v) is 11.5. The van der Waals surface area contributed by atoms with E-state index in [0.717, 1.165) is 5.69 Å². The van der Waals surface area contributed by atoms with Crippen molar-refractivity contribution in [1.29, 1.82) is 0 Å². The van der Waals surface area contributed by atoms with Gasteiger partial charge in [-0.05, 0) is 25.1 Å². The molecule has 0 bridgehead atoms. The summed E-state index contributed by atoms with van der Waals surface area (Å²) in [7, 11) is 0. The molecule has 0 saturated heterocycles. The average molecular weight is 289 g/mol. The molecule has 0 saturated carbocycles. The van der Waals surface area contributed by atoms with Crippen LogP contribution >= 0.6 is 0 Å². The van der Waals surface area contributed by atoms with E-state index in [-0.39, 0.29) is 12.1 Å². The zero-order chi connectivity index (χ0) is 15.2. The van der Waals surface area contributed by atoms with Gasteiger partial charge in [-0.3, -0.25) is 4.98 Å². The van der Waals surface area contributed by atoms with Crippen molar-refractivity contribution in [3.05, 3.63) is 59.7 Å². The number of amides is 2. The van der Waals surface area contributed by atoms with Gasteiger partial charge in [0.15, 0.2) is 0 Å². The molecule has 3 N–H and O–H groups in total. The number of anilines is 1. The first-order valence-corrected chi connectivity index (χ1v) is 6.46. The van der Waals surface area contributed by atoms with E-state index in [1.807, 2.05) is 6.92 Å². The van der Waals surface area contributed by atoms with Gasteiger partial charge in [0, 0.05) is 29.7 Å². The summed E-state index contributed by atoms with van der Waals surface area (Å²) >= 11 is 0. The van der Waals surface area contributed by atoms with Gasteiger partial charge >= 0.3 is 6.03 Å². The van der Waals surface area contributed by atoms with Crippen molar-refractivity contribution < 1.29 is 14.3 Å². The third-order valence-electron chi connectivity index (χ3n) is 2.87. The number of hydrogen-bond donors (Lipinski definition) is 3. The standard InChI is InChI=1S/C15H16FN3O2/c1-10-8-11(6-7-17-10)19-15(21)18-9-14(20)12-4-2-3-5-13(12)16/h2-8,14,20H,9H2,1H3,(H2,17,18,19,21). The number of nitrogens with one attached hydrogen (secondary N) is 2. The Morgan fingerprint density at radius 3 is 2.86 bits per heavy atom. The number of benzene rings is 1. The maximum Gasteiger partial charge on any atom is 0.319 e. The van der Waals surface area contributed by atoms with E-state index < -0.39 is 18.0 Å². The van der Waals surface area contributed by atoms with Crippen LogP contribution in [0.3, 0.4) is 0 Å². The van der Waals surface area contributed by atoms with Crippen molar-refractivity contribution in [1.82, 2.24) is 10.3 Å². The van der Waals surface area contributed by atoms with E-state index in [0.29, 0.717) is 5.69 Å². The van der Waals surface area contributed by atoms with Crippen LogP contribution in [-0.2, 0) is 0 Å². The predicted octanol–water partition coefficient (Wildman–Crippen LogP) is 2.38. The van der Waals surface area contributed by atoms with E-state index in [2.05, 4.69) is 15.6 Å². The second-order valence-electron chi connectivity index (χ2n) is 4.56. The van der Waals surface area contributed by atoms with Crippen LogP contribution in [0.1, 0.15) is 17.4 Å². The summed E-state index contributed by atoms with van der Waals surface area (Å²) in [5, 5.41) is 15.0. The van der Waals surface area contributed by atoms with Crippen LogP contribution in [0.15, 0.2) is 42.6 Å². The first-order valence-electron chi connectivity index (χ1n) is 6.46. The van der Waals surface area contributed by atoms with Gasteiger partial charge in [-0.2, -0.15) is 0 Å². The molecule has 6 heteroatoms. The van der Waals surface area contributed by atoms with E-state index in [1.54, 1.807) is 24.4 Å². The number of carbonyl (C=O) groups is 1. The van der Waals surface area contributed by atoms with E-state index in [1.165, 1.54) is 18.2 Å². The topological polar surface area (TPSA) is 74.2 Å². The maximum absolute atomic E-state index is 13.5. The Bertz CT molecular complexity index is 634. The number of aliphatic hydroxyl groups is 1. The summed E-state index contributed by atoms with van der Waals surface area (Å²) in [6.07, 6.45) is 0.482. The van der Waals surface area contributed by atoms with Crippen LogP contribution in [0.5, 0.6) is 0 Å². The lowest BCUT2D eigenvalue weighted by Gasteiger charge is -2.13. The molecule has 2 amide bonds. The van der Waals surface area contributed by atoms with Crippen LogP contribution < -0.4 is 10.6 Å². The molecule has 2 aromatic rings. The van der Waals surface area contributed by atoms with Gasteiger partial charge in [0.2, 0.25) is 0 Å². The number of rotatable bonds is 4. The Labute approximate surface area is 121 Å². The van der Waals surface area contributed by atoms with Crippen molar-refractivity contribution in [3.8, 4) is 0 Å². The van der Waals surface area contributed by atoms with Crippen LogP contribution in [0.25, 0.3) is 0 Å². The second-order valence-corrected chi connectivity index (χ2v) is 4.56. The first-order chi connectivity index (χ1) is 10.1. The minimum atomic E-state index is -1.10. The lowest BCUT2D eigenvalue weighted by atomic mass is 10.1. The Morgan fingerprint density at radius 2 is 2.14 bits per heavy atom. The summed E-state index contributed by atoms with van der Waals surface area (Å²) in [6.45, 7) is 1.72. The van der Waals surface area contributed by atoms with Crippen LogP contribution in [0, 0.1) is 12.7 Å². The Balaban J connectivity index is 1.88. The van der Waals surface area contributed by atoms with Gasteiger partial charge in [0.05, 0.1) is 6.10 Å². The highest BCUT2D eigenvalue weighted by Gasteiger charge is 2.13. The van der Waals surface area contributed by atoms with E-state index in [9.17, 15) is 14.3 Å². The average Bonchev–Trinajstić information content (AvgIpc) is 2.45. The molecule has 0 aliphatic heterocycles. The Kier molecular flexibility index (Phi) is 4.84. The largest absolute Gasteiger partial charge is 0.386 e. The highest BCUT2D eigenvalue weighted by molar-refractivity contribution is 5.89. The smallest absolute Gasteiger partial charge is 0.319 e. The molecule has 2 rings (SSSR count). The van der Waals surface area contributed by atoms with E-state index >= 15 is 0 Å². The van der Waals surface area contributed by atoms with Crippen molar-refractivity contribution in [2.45, 2.75) is 13.0 Å². The molecule has 0 aliphatic carbocycles. The lowest BCUT2D eigenvalue weighted by molar-refractivity contribution is 0.170. The van der Waals surface area contributed by atoms with Crippen molar-refractivity contribution in [2.24, 2.45) is 0 Å². The monoisotopic (exact) mass is 289 g/mol. The molecular formula is C15H16FN3O2. The molecule has 0 spiro atoms. The quantitative estimate of drug-likeness (QED) is 0.809. The van der Waals surface area contributed by atoms with Gasteiger partial charge in [0.1, 0.15) is 5.82 Å². The maximum atomic E-state index is 13.5. The summed E-state index contributed by atoms with van der Waals surface area (Å²) in [6, 6.07) is 8.80. The molecule has 1 aromatic carbocycles. The molecule has 0 radical (unpaired) electrons. The van der Waals surface area contributed by atoms with Crippen molar-refractivity contribution in [3.63, 3.8) is 0 Å². The molecule has 1 atom stereocenters. The normalized spacial score (nSPS) is 11.8. The van der Waals surface area contributed by atoms with Gasteiger partial charge < -0.3 is 15.7 Å². The van der Waals surface area contributed by atoms with Gasteiger partial charge in [0.25, 0.3) is 0 Å². The van der Waals surface area contributed by atoms with Crippen LogP contribution in [-0.4, -0.2) is 22.7 Å². The SMILES string of the molecule is Cc1cc(NC(=O)NCC(O)c2ccccc2F)ccn1. The Morgan fingerprint density at radius 1 is 1.38 bits per heavy atom. The van der Waals surface area contributed by atoms with E-state index in [4.69, 9.17) is 0 Å². The van der Waals surface area contributed by atoms with Gasteiger partial charge in [-0.15, -0.1) is 0 Å². The minimum absolute atomic E-state index is 0.0865. The first kappa shape index (κ1) is 14.9. The molecule has 1 heterocycles. The predicted molar refractivity (Wildman–Crippen MR) is 77.4 cm³/mol. The highest BCUT2D eigenvalue weighted by atomic mass is 19.1. The number of urea groups is 1. The number of nitrogens with zero attached hydrogens (tertiary/aromatic N) is 1.